The number of ether oxygens (including phenoxy) is 1. The highest BCUT2D eigenvalue weighted by molar-refractivity contribution is 7.99. The SMILES string of the molecule is CC1CN(c2cc(F)cc(-c3ccc4cnc(CNC(=O)c5ccc(SCC(F)F)cc5)cc4n3)n2)CCO1. The minimum Gasteiger partial charge on any atom is -0.375 e. The van der Waals surface area contributed by atoms with E-state index in [-0.39, 0.29) is 24.3 Å². The molecule has 4 aromatic rings. The number of aromatic nitrogens is 3. The maximum atomic E-state index is 14.5. The lowest BCUT2D eigenvalue weighted by Crippen LogP contribution is -2.41. The van der Waals surface area contributed by atoms with Crippen LogP contribution in [-0.2, 0) is 11.3 Å². The van der Waals surface area contributed by atoms with Crippen LogP contribution in [-0.4, -0.2) is 58.8 Å². The third kappa shape index (κ3) is 6.85. The molecule has 1 N–H and O–H groups in total. The summed E-state index contributed by atoms with van der Waals surface area (Å²) in [5.41, 5.74) is 2.60. The molecule has 5 rings (SSSR count). The predicted octanol–water partition coefficient (Wildman–Crippen LogP) is 5.34. The van der Waals surface area contributed by atoms with Crippen molar-refractivity contribution in [3.05, 3.63) is 77.9 Å². The summed E-state index contributed by atoms with van der Waals surface area (Å²) >= 11 is 1.04. The number of hydrogen-bond donors (Lipinski definition) is 1. The number of fused-ring (bicyclic) bond motifs is 1. The van der Waals surface area contributed by atoms with Gasteiger partial charge >= 0.3 is 0 Å². The number of nitrogens with zero attached hydrogens (tertiary/aromatic N) is 4. The van der Waals surface area contributed by atoms with Gasteiger partial charge in [-0.15, -0.1) is 11.8 Å². The Morgan fingerprint density at radius 3 is 2.72 bits per heavy atom. The van der Waals surface area contributed by atoms with Gasteiger partial charge in [0.2, 0.25) is 6.43 Å². The maximum absolute atomic E-state index is 14.5. The van der Waals surface area contributed by atoms with Crippen LogP contribution in [0.5, 0.6) is 0 Å². The van der Waals surface area contributed by atoms with Crippen molar-refractivity contribution >= 4 is 34.4 Å². The fraction of sp³-hybridized carbons (Fsp3) is 0.286. The Hall–Kier alpha value is -3.70. The number of hydrogen-bond acceptors (Lipinski definition) is 7. The molecule has 1 aliphatic rings. The van der Waals surface area contributed by atoms with Crippen LogP contribution in [0.15, 0.2) is 65.7 Å². The Bertz CT molecular complexity index is 1470. The molecular formula is C28H26F3N5O2S. The van der Waals surface area contributed by atoms with Crippen LogP contribution in [0.25, 0.3) is 22.3 Å². The summed E-state index contributed by atoms with van der Waals surface area (Å²) in [6, 6.07) is 14.7. The second kappa shape index (κ2) is 12.0. The highest BCUT2D eigenvalue weighted by Gasteiger charge is 2.20. The Morgan fingerprint density at radius 1 is 1.13 bits per heavy atom. The van der Waals surface area contributed by atoms with Crippen LogP contribution < -0.4 is 10.2 Å². The fourth-order valence-corrected chi connectivity index (χ4v) is 4.88. The summed E-state index contributed by atoms with van der Waals surface area (Å²) in [5, 5.41) is 3.61. The summed E-state index contributed by atoms with van der Waals surface area (Å²) in [7, 11) is 0. The monoisotopic (exact) mass is 553 g/mol. The minimum atomic E-state index is -2.39. The molecule has 4 heterocycles. The molecule has 1 amide bonds. The zero-order valence-corrected chi connectivity index (χ0v) is 21.9. The van der Waals surface area contributed by atoms with E-state index in [1.165, 1.54) is 12.1 Å². The van der Waals surface area contributed by atoms with E-state index < -0.39 is 12.2 Å². The van der Waals surface area contributed by atoms with Gasteiger partial charge in [0.25, 0.3) is 5.91 Å². The van der Waals surface area contributed by atoms with E-state index in [2.05, 4.69) is 15.3 Å². The van der Waals surface area contributed by atoms with Crippen molar-refractivity contribution in [2.45, 2.75) is 30.9 Å². The lowest BCUT2D eigenvalue weighted by Gasteiger charge is -2.32. The number of amides is 1. The lowest BCUT2D eigenvalue weighted by molar-refractivity contribution is 0.0529. The summed E-state index contributed by atoms with van der Waals surface area (Å²) in [6.07, 6.45) is -0.685. The summed E-state index contributed by atoms with van der Waals surface area (Å²) < 4.78 is 44.9. The van der Waals surface area contributed by atoms with Crippen LogP contribution in [0.4, 0.5) is 19.0 Å². The van der Waals surface area contributed by atoms with Gasteiger partial charge in [-0.25, -0.2) is 23.1 Å². The number of thioether (sulfide) groups is 1. The molecule has 1 atom stereocenters. The van der Waals surface area contributed by atoms with Crippen molar-refractivity contribution < 1.29 is 22.7 Å². The topological polar surface area (TPSA) is 80.2 Å². The number of rotatable bonds is 8. The number of alkyl halides is 2. The largest absolute Gasteiger partial charge is 0.375 e. The number of halogens is 3. The van der Waals surface area contributed by atoms with Gasteiger partial charge in [0.15, 0.2) is 0 Å². The maximum Gasteiger partial charge on any atom is 0.251 e. The first-order chi connectivity index (χ1) is 18.8. The second-order valence-electron chi connectivity index (χ2n) is 9.13. The molecule has 0 spiro atoms. The van der Waals surface area contributed by atoms with Gasteiger partial charge in [-0.1, -0.05) is 0 Å². The van der Waals surface area contributed by atoms with Crippen LogP contribution in [0.1, 0.15) is 23.0 Å². The van der Waals surface area contributed by atoms with Crippen LogP contribution >= 0.6 is 11.8 Å². The zero-order valence-electron chi connectivity index (χ0n) is 21.1. The van der Waals surface area contributed by atoms with Crippen LogP contribution in [0, 0.1) is 5.82 Å². The number of anilines is 1. The number of carbonyl (C=O) groups excluding carboxylic acids is 1. The van der Waals surface area contributed by atoms with Gasteiger partial charge in [0.1, 0.15) is 11.6 Å². The van der Waals surface area contributed by atoms with Gasteiger partial charge in [-0.05, 0) is 49.4 Å². The Morgan fingerprint density at radius 2 is 1.95 bits per heavy atom. The smallest absolute Gasteiger partial charge is 0.251 e. The van der Waals surface area contributed by atoms with E-state index in [1.54, 1.807) is 42.6 Å². The normalized spacial score (nSPS) is 15.6. The van der Waals surface area contributed by atoms with Gasteiger partial charge in [-0.2, -0.15) is 0 Å². The number of nitrogens with one attached hydrogen (secondary N) is 1. The first kappa shape index (κ1) is 26.9. The molecule has 39 heavy (non-hydrogen) atoms. The fourth-order valence-electron chi connectivity index (χ4n) is 4.24. The molecule has 1 unspecified atom stereocenters. The zero-order chi connectivity index (χ0) is 27.4. The van der Waals surface area contributed by atoms with E-state index >= 15 is 0 Å². The Labute approximate surface area is 227 Å². The molecule has 0 bridgehead atoms. The van der Waals surface area contributed by atoms with Gasteiger partial charge in [0, 0.05) is 47.3 Å². The molecule has 0 aliphatic carbocycles. The van der Waals surface area contributed by atoms with Crippen molar-refractivity contribution in [1.82, 2.24) is 20.3 Å². The molecule has 0 radical (unpaired) electrons. The van der Waals surface area contributed by atoms with Crippen LogP contribution in [0.2, 0.25) is 0 Å². The van der Waals surface area contributed by atoms with Crippen LogP contribution in [0.3, 0.4) is 0 Å². The average molecular weight is 554 g/mol. The third-order valence-electron chi connectivity index (χ3n) is 6.16. The predicted molar refractivity (Wildman–Crippen MR) is 145 cm³/mol. The van der Waals surface area contributed by atoms with E-state index in [0.717, 1.165) is 17.1 Å². The van der Waals surface area contributed by atoms with E-state index in [0.29, 0.717) is 58.6 Å². The quantitative estimate of drug-likeness (QED) is 0.295. The minimum absolute atomic E-state index is 0.0359. The third-order valence-corrected chi connectivity index (χ3v) is 7.18. The standard InChI is InChI=1S/C28H26F3N5O2S/c1-17-15-36(8-9-38-17)27-11-20(29)10-25(35-27)23-7-4-19-13-32-21(12-24(19)34-23)14-33-28(37)18-2-5-22(6-3-18)39-16-26(30)31/h2-7,10-13,17,26H,8-9,14-16H2,1H3,(H,33,37). The second-order valence-corrected chi connectivity index (χ2v) is 10.2. The summed E-state index contributed by atoms with van der Waals surface area (Å²) in [4.78, 5) is 29.0. The molecule has 3 aromatic heterocycles. The molecule has 1 aliphatic heterocycles. The van der Waals surface area contributed by atoms with E-state index in [9.17, 15) is 18.0 Å². The van der Waals surface area contributed by atoms with Crippen molar-refractivity contribution in [2.24, 2.45) is 0 Å². The Kier molecular flexibility index (Phi) is 8.27. The number of benzene rings is 1. The summed E-state index contributed by atoms with van der Waals surface area (Å²) in [6.45, 7) is 3.96. The molecule has 202 valence electrons. The van der Waals surface area contributed by atoms with Gasteiger partial charge in [0.05, 0.1) is 47.6 Å². The number of morpholine rings is 1. The Balaban J connectivity index is 1.29. The molecule has 7 nitrogen and oxygen atoms in total. The molecule has 1 aromatic carbocycles. The molecular weight excluding hydrogens is 527 g/mol. The lowest BCUT2D eigenvalue weighted by atomic mass is 10.1. The van der Waals surface area contributed by atoms with Crippen molar-refractivity contribution in [1.29, 1.82) is 0 Å². The first-order valence-electron chi connectivity index (χ1n) is 12.4. The van der Waals surface area contributed by atoms with Gasteiger partial charge < -0.3 is 15.0 Å². The van der Waals surface area contributed by atoms with Crippen molar-refractivity contribution in [3.8, 4) is 11.4 Å². The average Bonchev–Trinajstić information content (AvgIpc) is 2.94. The van der Waals surface area contributed by atoms with Crippen molar-refractivity contribution in [3.63, 3.8) is 0 Å². The molecule has 1 saturated heterocycles. The van der Waals surface area contributed by atoms with E-state index in [4.69, 9.17) is 9.72 Å². The molecule has 0 saturated carbocycles. The number of pyridine rings is 3. The number of carbonyl (C=O) groups is 1. The molecule has 1 fully saturated rings. The van der Waals surface area contributed by atoms with E-state index in [1.807, 2.05) is 17.9 Å². The highest BCUT2D eigenvalue weighted by Crippen LogP contribution is 2.25. The van der Waals surface area contributed by atoms with Gasteiger partial charge in [-0.3, -0.25) is 9.78 Å². The highest BCUT2D eigenvalue weighted by atomic mass is 32.2. The van der Waals surface area contributed by atoms with Crippen molar-refractivity contribution in [2.75, 3.05) is 30.3 Å². The summed E-state index contributed by atoms with van der Waals surface area (Å²) in [5.74, 6) is -0.452. The first-order valence-corrected chi connectivity index (χ1v) is 13.4. The molecule has 11 heteroatoms.